The van der Waals surface area contributed by atoms with Crippen molar-refractivity contribution in [2.75, 3.05) is 53.6 Å². The molecule has 0 fully saturated rings. The summed E-state index contributed by atoms with van der Waals surface area (Å²) >= 11 is 0. The van der Waals surface area contributed by atoms with Crippen LogP contribution in [-0.2, 0) is 14.3 Å². The first kappa shape index (κ1) is 22.6. The van der Waals surface area contributed by atoms with Crippen LogP contribution in [-0.4, -0.2) is 64.1 Å². The van der Waals surface area contributed by atoms with E-state index >= 15 is 0 Å². The number of likely N-dealkylation sites (N-methyl/N-ethyl adjacent to an activating group) is 1. The van der Waals surface area contributed by atoms with Crippen molar-refractivity contribution >= 4 is 5.97 Å². The van der Waals surface area contributed by atoms with Crippen LogP contribution in [0.3, 0.4) is 0 Å². The average Bonchev–Trinajstić information content (AvgIpc) is 2.44. The van der Waals surface area contributed by atoms with Crippen molar-refractivity contribution in [3.05, 3.63) is 0 Å². The van der Waals surface area contributed by atoms with Gasteiger partial charge in [0, 0.05) is 13.7 Å². The molecule has 0 atom stereocenters. The standard InChI is InChI=1S/C13H30NO.C3H6O3/c1-5-8-10-14(4,11-9-6-2)12-13-15-7-3;1-6-2-3(4)5/h5-13H2,1-4H3;2H2,1H3,(H,4,5)/q+1;/p-1. The second-order valence-corrected chi connectivity index (χ2v) is 5.50. The number of nitrogens with zero attached hydrogens (tertiary/aromatic N) is 1. The molecular weight excluding hydrogens is 270 g/mol. The molecule has 5 nitrogen and oxygen atoms in total. The molecule has 0 saturated carbocycles. The summed E-state index contributed by atoms with van der Waals surface area (Å²) in [5.74, 6) is -1.18. The zero-order chi connectivity index (χ0) is 16.6. The van der Waals surface area contributed by atoms with Crippen LogP contribution in [0.1, 0.15) is 46.5 Å². The first-order valence-corrected chi connectivity index (χ1v) is 8.05. The van der Waals surface area contributed by atoms with Gasteiger partial charge in [0.15, 0.2) is 0 Å². The van der Waals surface area contributed by atoms with E-state index in [4.69, 9.17) is 4.74 Å². The summed E-state index contributed by atoms with van der Waals surface area (Å²) < 4.78 is 10.8. The molecule has 0 aliphatic heterocycles. The van der Waals surface area contributed by atoms with Gasteiger partial charge in [0.2, 0.25) is 0 Å². The molecule has 0 bridgehead atoms. The van der Waals surface area contributed by atoms with E-state index in [1.165, 1.54) is 56.9 Å². The largest absolute Gasteiger partial charge is 0.548 e. The number of aliphatic carboxylic acids is 1. The van der Waals surface area contributed by atoms with Gasteiger partial charge in [-0.05, 0) is 19.8 Å². The van der Waals surface area contributed by atoms with E-state index in [-0.39, 0.29) is 6.61 Å². The van der Waals surface area contributed by atoms with E-state index in [1.54, 1.807) is 0 Å². The Morgan fingerprint density at radius 1 is 1.05 bits per heavy atom. The zero-order valence-corrected chi connectivity index (χ0v) is 14.7. The maximum absolute atomic E-state index is 9.36. The third-order valence-corrected chi connectivity index (χ3v) is 3.34. The van der Waals surface area contributed by atoms with Crippen LogP contribution in [0.2, 0.25) is 0 Å². The molecule has 0 aromatic rings. The Bertz CT molecular complexity index is 226. The van der Waals surface area contributed by atoms with Gasteiger partial charge in [-0.15, -0.1) is 0 Å². The molecule has 21 heavy (non-hydrogen) atoms. The minimum Gasteiger partial charge on any atom is -0.548 e. The van der Waals surface area contributed by atoms with Crippen molar-refractivity contribution in [2.24, 2.45) is 0 Å². The number of quaternary nitrogens is 1. The number of carboxylic acid groups (broad SMARTS) is 1. The van der Waals surface area contributed by atoms with Gasteiger partial charge in [-0.2, -0.15) is 0 Å². The van der Waals surface area contributed by atoms with Crippen LogP contribution in [0.4, 0.5) is 0 Å². The highest BCUT2D eigenvalue weighted by Gasteiger charge is 2.19. The molecule has 0 radical (unpaired) electrons. The summed E-state index contributed by atoms with van der Waals surface area (Å²) in [5, 5.41) is 9.36. The topological polar surface area (TPSA) is 58.6 Å². The molecule has 0 spiro atoms. The van der Waals surface area contributed by atoms with Crippen molar-refractivity contribution in [3.63, 3.8) is 0 Å². The van der Waals surface area contributed by atoms with Gasteiger partial charge >= 0.3 is 0 Å². The van der Waals surface area contributed by atoms with Gasteiger partial charge in [0.1, 0.15) is 6.54 Å². The van der Waals surface area contributed by atoms with E-state index in [1.807, 2.05) is 0 Å². The monoisotopic (exact) mass is 305 g/mol. The Kier molecular flexibility index (Phi) is 17.0. The average molecular weight is 305 g/mol. The lowest BCUT2D eigenvalue weighted by molar-refractivity contribution is -0.910. The third kappa shape index (κ3) is 17.3. The minimum absolute atomic E-state index is 0.319. The molecular formula is C16H35NO4. The Labute approximate surface area is 130 Å². The van der Waals surface area contributed by atoms with Crippen molar-refractivity contribution in [3.8, 4) is 0 Å². The molecule has 0 amide bonds. The fourth-order valence-electron chi connectivity index (χ4n) is 1.96. The maximum Gasteiger partial charge on any atom is 0.102 e. The van der Waals surface area contributed by atoms with Gasteiger partial charge in [0.25, 0.3) is 0 Å². The van der Waals surface area contributed by atoms with Gasteiger partial charge < -0.3 is 23.9 Å². The zero-order valence-electron chi connectivity index (χ0n) is 14.7. The lowest BCUT2D eigenvalue weighted by atomic mass is 10.2. The molecule has 5 heteroatoms. The van der Waals surface area contributed by atoms with Crippen molar-refractivity contribution in [2.45, 2.75) is 46.5 Å². The van der Waals surface area contributed by atoms with Crippen LogP contribution in [0, 0.1) is 0 Å². The fraction of sp³-hybridized carbons (Fsp3) is 0.938. The number of unbranched alkanes of at least 4 members (excludes halogenated alkanes) is 2. The second-order valence-electron chi connectivity index (χ2n) is 5.50. The summed E-state index contributed by atoms with van der Waals surface area (Å²) in [6, 6.07) is 0. The van der Waals surface area contributed by atoms with Gasteiger partial charge in [-0.25, -0.2) is 0 Å². The van der Waals surface area contributed by atoms with Gasteiger partial charge in [-0.1, -0.05) is 26.7 Å². The predicted molar refractivity (Wildman–Crippen MR) is 84.0 cm³/mol. The maximum atomic E-state index is 9.36. The number of carbonyl (C=O) groups excluding carboxylic acids is 1. The number of rotatable bonds is 12. The SMILES string of the molecule is CCCC[N+](C)(CCCC)CCOCC.COCC(=O)[O-]. The lowest BCUT2D eigenvalue weighted by Crippen LogP contribution is -2.47. The minimum atomic E-state index is -1.18. The molecule has 0 aliphatic carbocycles. The number of hydrogen-bond acceptors (Lipinski definition) is 4. The Hall–Kier alpha value is -0.650. The molecule has 0 aliphatic rings. The van der Waals surface area contributed by atoms with E-state index in [0.29, 0.717) is 0 Å². The quantitative estimate of drug-likeness (QED) is 0.404. The first-order chi connectivity index (χ1) is 9.95. The number of ether oxygens (including phenoxy) is 2. The van der Waals surface area contributed by atoms with Crippen molar-refractivity contribution < 1.29 is 23.9 Å². The lowest BCUT2D eigenvalue weighted by Gasteiger charge is -2.34. The summed E-state index contributed by atoms with van der Waals surface area (Å²) in [4.78, 5) is 9.36. The fourth-order valence-corrected chi connectivity index (χ4v) is 1.96. The van der Waals surface area contributed by atoms with Crippen LogP contribution in [0.15, 0.2) is 0 Å². The van der Waals surface area contributed by atoms with Crippen LogP contribution >= 0.6 is 0 Å². The number of carbonyl (C=O) groups is 1. The number of hydrogen-bond donors (Lipinski definition) is 0. The van der Waals surface area contributed by atoms with Crippen LogP contribution < -0.4 is 5.11 Å². The second kappa shape index (κ2) is 15.7. The normalized spacial score (nSPS) is 10.9. The van der Waals surface area contributed by atoms with Crippen LogP contribution in [0.25, 0.3) is 0 Å². The molecule has 0 rings (SSSR count). The highest BCUT2D eigenvalue weighted by molar-refractivity contribution is 5.65. The van der Waals surface area contributed by atoms with E-state index in [0.717, 1.165) is 13.2 Å². The Morgan fingerprint density at radius 2 is 1.57 bits per heavy atom. The summed E-state index contributed by atoms with van der Waals surface area (Å²) in [5.41, 5.74) is 0. The predicted octanol–water partition coefficient (Wildman–Crippen LogP) is 1.45. The van der Waals surface area contributed by atoms with Crippen molar-refractivity contribution in [1.29, 1.82) is 0 Å². The van der Waals surface area contributed by atoms with Crippen molar-refractivity contribution in [1.82, 2.24) is 0 Å². The number of methoxy groups -OCH3 is 1. The highest BCUT2D eigenvalue weighted by atomic mass is 16.5. The molecule has 0 heterocycles. The van der Waals surface area contributed by atoms with Gasteiger partial charge in [0.05, 0.1) is 39.3 Å². The van der Waals surface area contributed by atoms with E-state index in [2.05, 4.69) is 32.6 Å². The van der Waals surface area contributed by atoms with E-state index < -0.39 is 5.97 Å². The highest BCUT2D eigenvalue weighted by Crippen LogP contribution is 2.08. The first-order valence-electron chi connectivity index (χ1n) is 8.05. The van der Waals surface area contributed by atoms with Gasteiger partial charge in [-0.3, -0.25) is 0 Å². The Morgan fingerprint density at radius 3 is 1.86 bits per heavy atom. The summed E-state index contributed by atoms with van der Waals surface area (Å²) in [7, 11) is 3.68. The molecule has 0 N–H and O–H groups in total. The van der Waals surface area contributed by atoms with E-state index in [9.17, 15) is 9.90 Å². The third-order valence-electron chi connectivity index (χ3n) is 3.34. The molecule has 0 aromatic carbocycles. The number of carboxylic acids is 1. The summed E-state index contributed by atoms with van der Waals surface area (Å²) in [6.07, 6.45) is 5.28. The molecule has 128 valence electrons. The Balaban J connectivity index is 0. The molecule has 0 unspecified atom stereocenters. The van der Waals surface area contributed by atoms with Crippen LogP contribution in [0.5, 0.6) is 0 Å². The molecule has 0 saturated heterocycles. The smallest absolute Gasteiger partial charge is 0.102 e. The summed E-state index contributed by atoms with van der Waals surface area (Å²) in [6.45, 7) is 11.9. The molecule has 0 aromatic heterocycles.